The molecule has 0 unspecified atom stereocenters. The van der Waals surface area contributed by atoms with Gasteiger partial charge in [-0.2, -0.15) is 0 Å². The topological polar surface area (TPSA) is 44.9 Å². The van der Waals surface area contributed by atoms with Gasteiger partial charge in [-0.3, -0.25) is 4.79 Å². The third-order valence-electron chi connectivity index (χ3n) is 3.39. The minimum atomic E-state index is -0.0133. The van der Waals surface area contributed by atoms with E-state index in [-0.39, 0.29) is 5.56 Å². The van der Waals surface area contributed by atoms with Gasteiger partial charge in [0.1, 0.15) is 0 Å². The molecule has 1 aromatic heterocycles. The number of likely N-dealkylation sites (N-methyl/N-ethyl adjacent to an activating group) is 1. The summed E-state index contributed by atoms with van der Waals surface area (Å²) in [4.78, 5) is 15.0. The van der Waals surface area contributed by atoms with Gasteiger partial charge in [-0.05, 0) is 51.1 Å². The van der Waals surface area contributed by atoms with Gasteiger partial charge in [-0.15, -0.1) is 0 Å². The highest BCUT2D eigenvalue weighted by atomic mass is 35.5. The molecule has 0 saturated carbocycles. The van der Waals surface area contributed by atoms with E-state index in [4.69, 9.17) is 11.6 Å². The van der Waals surface area contributed by atoms with Crippen molar-refractivity contribution in [1.82, 2.24) is 10.3 Å². The molecule has 96 valence electrons. The Hall–Kier alpha value is -1.32. The van der Waals surface area contributed by atoms with E-state index in [1.165, 1.54) is 0 Å². The summed E-state index contributed by atoms with van der Waals surface area (Å²) >= 11 is 6.08. The first kappa shape index (κ1) is 13.1. The summed E-state index contributed by atoms with van der Waals surface area (Å²) in [5.41, 5.74) is 3.65. The molecule has 2 rings (SSSR count). The van der Waals surface area contributed by atoms with Gasteiger partial charge in [0, 0.05) is 16.0 Å². The zero-order valence-corrected chi connectivity index (χ0v) is 11.6. The fraction of sp³-hybridized carbons (Fsp3) is 0.357. The van der Waals surface area contributed by atoms with Crippen molar-refractivity contribution in [2.24, 2.45) is 0 Å². The number of aromatic nitrogens is 1. The van der Waals surface area contributed by atoms with E-state index in [9.17, 15) is 4.79 Å². The van der Waals surface area contributed by atoms with Gasteiger partial charge < -0.3 is 10.3 Å². The van der Waals surface area contributed by atoms with Crippen LogP contribution in [0.4, 0.5) is 0 Å². The average molecular weight is 265 g/mol. The Balaban J connectivity index is 2.71. The number of fused-ring (bicyclic) bond motifs is 1. The Morgan fingerprint density at radius 3 is 2.67 bits per heavy atom. The number of benzene rings is 1. The first-order valence-electron chi connectivity index (χ1n) is 6.01. The molecule has 0 saturated heterocycles. The fourth-order valence-electron chi connectivity index (χ4n) is 2.23. The van der Waals surface area contributed by atoms with E-state index < -0.39 is 0 Å². The van der Waals surface area contributed by atoms with E-state index >= 15 is 0 Å². The SMILES string of the molecule is CNCCc1c(C)c2ccc(Cl)c(C)c2[nH]c1=O. The zero-order valence-electron chi connectivity index (χ0n) is 10.9. The molecule has 2 N–H and O–H groups in total. The lowest BCUT2D eigenvalue weighted by Gasteiger charge is -2.11. The lowest BCUT2D eigenvalue weighted by Crippen LogP contribution is -2.20. The standard InChI is InChI=1S/C14H17ClN2O/c1-8-10-4-5-12(15)9(2)13(10)17-14(18)11(8)6-7-16-3/h4-5,16H,6-7H2,1-3H3,(H,17,18). The number of H-pyrrole nitrogens is 1. The number of halogens is 1. The van der Waals surface area contributed by atoms with E-state index in [1.54, 1.807) is 0 Å². The number of hydrogen-bond acceptors (Lipinski definition) is 2. The molecule has 0 spiro atoms. The monoisotopic (exact) mass is 264 g/mol. The number of aromatic amines is 1. The summed E-state index contributed by atoms with van der Waals surface area (Å²) in [6.07, 6.45) is 0.731. The fourth-order valence-corrected chi connectivity index (χ4v) is 2.39. The van der Waals surface area contributed by atoms with Crippen LogP contribution < -0.4 is 10.9 Å². The van der Waals surface area contributed by atoms with Crippen molar-refractivity contribution in [2.45, 2.75) is 20.3 Å². The maximum Gasteiger partial charge on any atom is 0.251 e. The van der Waals surface area contributed by atoms with Crippen molar-refractivity contribution in [3.63, 3.8) is 0 Å². The third kappa shape index (κ3) is 2.16. The summed E-state index contributed by atoms with van der Waals surface area (Å²) in [7, 11) is 1.88. The van der Waals surface area contributed by atoms with Crippen LogP contribution in [0.15, 0.2) is 16.9 Å². The molecule has 1 heterocycles. The first-order chi connectivity index (χ1) is 8.56. The second-order valence-electron chi connectivity index (χ2n) is 4.51. The molecule has 0 aliphatic rings. The van der Waals surface area contributed by atoms with Crippen LogP contribution in [0.1, 0.15) is 16.7 Å². The number of hydrogen-bond donors (Lipinski definition) is 2. The molecule has 0 fully saturated rings. The van der Waals surface area contributed by atoms with E-state index in [1.807, 2.05) is 33.0 Å². The van der Waals surface area contributed by atoms with E-state index in [0.717, 1.165) is 40.6 Å². The molecule has 0 radical (unpaired) electrons. The van der Waals surface area contributed by atoms with Gasteiger partial charge >= 0.3 is 0 Å². The Morgan fingerprint density at radius 2 is 2.00 bits per heavy atom. The van der Waals surface area contributed by atoms with Crippen LogP contribution in [0.2, 0.25) is 5.02 Å². The van der Waals surface area contributed by atoms with Crippen molar-refractivity contribution in [2.75, 3.05) is 13.6 Å². The molecule has 3 nitrogen and oxygen atoms in total. The highest BCUT2D eigenvalue weighted by molar-refractivity contribution is 6.32. The van der Waals surface area contributed by atoms with Crippen molar-refractivity contribution >= 4 is 22.5 Å². The summed E-state index contributed by atoms with van der Waals surface area (Å²) < 4.78 is 0. The average Bonchev–Trinajstić information content (AvgIpc) is 2.34. The van der Waals surface area contributed by atoms with Gasteiger partial charge in [-0.25, -0.2) is 0 Å². The largest absolute Gasteiger partial charge is 0.321 e. The minimum Gasteiger partial charge on any atom is -0.321 e. The van der Waals surface area contributed by atoms with Crippen molar-refractivity contribution < 1.29 is 0 Å². The summed E-state index contributed by atoms with van der Waals surface area (Å²) in [5.74, 6) is 0. The van der Waals surface area contributed by atoms with Crippen LogP contribution >= 0.6 is 11.6 Å². The molecule has 0 aliphatic heterocycles. The van der Waals surface area contributed by atoms with Gasteiger partial charge in [0.2, 0.25) is 0 Å². The smallest absolute Gasteiger partial charge is 0.251 e. The van der Waals surface area contributed by atoms with Crippen molar-refractivity contribution in [3.8, 4) is 0 Å². The van der Waals surface area contributed by atoms with Crippen LogP contribution in [-0.4, -0.2) is 18.6 Å². The number of aryl methyl sites for hydroxylation is 2. The quantitative estimate of drug-likeness (QED) is 0.895. The van der Waals surface area contributed by atoms with Gasteiger partial charge in [-0.1, -0.05) is 17.7 Å². The summed E-state index contributed by atoms with van der Waals surface area (Å²) in [5, 5.41) is 4.82. The minimum absolute atomic E-state index is 0.0133. The van der Waals surface area contributed by atoms with Crippen molar-refractivity contribution in [3.05, 3.63) is 44.2 Å². The van der Waals surface area contributed by atoms with Crippen LogP contribution in [-0.2, 0) is 6.42 Å². The number of pyridine rings is 1. The van der Waals surface area contributed by atoms with Crippen LogP contribution in [0.5, 0.6) is 0 Å². The second kappa shape index (κ2) is 5.12. The predicted molar refractivity (Wildman–Crippen MR) is 76.7 cm³/mol. The predicted octanol–water partition coefficient (Wildman–Crippen LogP) is 2.56. The molecule has 18 heavy (non-hydrogen) atoms. The molecule has 0 amide bonds. The van der Waals surface area contributed by atoms with Crippen LogP contribution in [0.25, 0.3) is 10.9 Å². The highest BCUT2D eigenvalue weighted by Crippen LogP contribution is 2.26. The maximum atomic E-state index is 12.1. The Labute approximate surface area is 111 Å². The number of rotatable bonds is 3. The molecular formula is C14H17ClN2O. The summed E-state index contributed by atoms with van der Waals surface area (Å²) in [6.45, 7) is 4.71. The molecule has 4 heteroatoms. The third-order valence-corrected chi connectivity index (χ3v) is 3.80. The number of nitrogens with one attached hydrogen (secondary N) is 2. The van der Waals surface area contributed by atoms with Gasteiger partial charge in [0.15, 0.2) is 0 Å². The van der Waals surface area contributed by atoms with Crippen LogP contribution in [0.3, 0.4) is 0 Å². The Kier molecular flexibility index (Phi) is 3.73. The zero-order chi connectivity index (χ0) is 13.3. The molecule has 0 atom stereocenters. The van der Waals surface area contributed by atoms with E-state index in [0.29, 0.717) is 5.02 Å². The molecule has 2 aromatic rings. The maximum absolute atomic E-state index is 12.1. The Bertz CT molecular complexity index is 646. The second-order valence-corrected chi connectivity index (χ2v) is 4.91. The first-order valence-corrected chi connectivity index (χ1v) is 6.39. The molecule has 0 bridgehead atoms. The highest BCUT2D eigenvalue weighted by Gasteiger charge is 2.11. The molecular weight excluding hydrogens is 248 g/mol. The summed E-state index contributed by atoms with van der Waals surface area (Å²) in [6, 6.07) is 3.85. The Morgan fingerprint density at radius 1 is 1.28 bits per heavy atom. The lowest BCUT2D eigenvalue weighted by molar-refractivity contribution is 0.783. The normalized spacial score (nSPS) is 11.1. The van der Waals surface area contributed by atoms with Gasteiger partial charge in [0.05, 0.1) is 5.52 Å². The molecule has 1 aromatic carbocycles. The van der Waals surface area contributed by atoms with Crippen molar-refractivity contribution in [1.29, 1.82) is 0 Å². The lowest BCUT2D eigenvalue weighted by atomic mass is 10.0. The molecule has 0 aliphatic carbocycles. The van der Waals surface area contributed by atoms with E-state index in [2.05, 4.69) is 10.3 Å². The van der Waals surface area contributed by atoms with Crippen LogP contribution in [0, 0.1) is 13.8 Å². The van der Waals surface area contributed by atoms with Gasteiger partial charge in [0.25, 0.3) is 5.56 Å².